The number of hydrogen-bond donors (Lipinski definition) is 2. The molecule has 0 aromatic heterocycles. The maximum absolute atomic E-state index is 11.9. The second kappa shape index (κ2) is 5.65. The van der Waals surface area contributed by atoms with E-state index in [0.717, 1.165) is 32.1 Å². The summed E-state index contributed by atoms with van der Waals surface area (Å²) in [6, 6.07) is -0.310. The van der Waals surface area contributed by atoms with Crippen molar-refractivity contribution in [2.45, 2.75) is 56.8 Å². The number of sulfonamides is 1. The fraction of sp³-hybridized carbons (Fsp3) is 1.00. The van der Waals surface area contributed by atoms with Gasteiger partial charge in [0, 0.05) is 12.6 Å². The summed E-state index contributed by atoms with van der Waals surface area (Å²) in [4.78, 5) is 0. The van der Waals surface area contributed by atoms with E-state index in [2.05, 4.69) is 4.72 Å². The number of aliphatic hydroxyl groups excluding tert-OH is 1. The van der Waals surface area contributed by atoms with Gasteiger partial charge in [-0.2, -0.15) is 0 Å². The van der Waals surface area contributed by atoms with Gasteiger partial charge in [-0.25, -0.2) is 13.1 Å². The zero-order valence-electron chi connectivity index (χ0n) is 9.97. The predicted molar refractivity (Wildman–Crippen MR) is 64.2 cm³/mol. The fourth-order valence-electron chi connectivity index (χ4n) is 2.55. The van der Waals surface area contributed by atoms with Crippen LogP contribution in [0, 0.1) is 0 Å². The molecule has 3 atom stereocenters. The third-order valence-corrected chi connectivity index (χ3v) is 4.96. The zero-order valence-corrected chi connectivity index (χ0v) is 10.8. The van der Waals surface area contributed by atoms with Crippen LogP contribution in [0.1, 0.15) is 38.5 Å². The smallest absolute Gasteiger partial charge is 0.214 e. The topological polar surface area (TPSA) is 75.6 Å². The lowest BCUT2D eigenvalue weighted by Crippen LogP contribution is -2.46. The van der Waals surface area contributed by atoms with Crippen LogP contribution in [0.25, 0.3) is 0 Å². The van der Waals surface area contributed by atoms with Crippen LogP contribution < -0.4 is 4.72 Å². The molecule has 0 bridgehead atoms. The Hall–Kier alpha value is -0.170. The molecule has 2 fully saturated rings. The number of nitrogens with one attached hydrogen (secondary N) is 1. The summed E-state index contributed by atoms with van der Waals surface area (Å²) in [5.41, 5.74) is 0. The summed E-state index contributed by atoms with van der Waals surface area (Å²) in [5, 5.41) is 9.73. The predicted octanol–water partition coefficient (Wildman–Crippen LogP) is 0.388. The van der Waals surface area contributed by atoms with Crippen molar-refractivity contribution in [3.63, 3.8) is 0 Å². The third-order valence-electron chi connectivity index (χ3n) is 3.49. The van der Waals surface area contributed by atoms with E-state index in [9.17, 15) is 13.5 Å². The highest BCUT2D eigenvalue weighted by molar-refractivity contribution is 7.89. The highest BCUT2D eigenvalue weighted by Crippen LogP contribution is 2.20. The molecule has 0 aromatic carbocycles. The highest BCUT2D eigenvalue weighted by atomic mass is 32.2. The summed E-state index contributed by atoms with van der Waals surface area (Å²) in [5.74, 6) is 0.0240. The summed E-state index contributed by atoms with van der Waals surface area (Å²) in [6.07, 6.45) is 4.41. The molecular formula is C11H21NO4S. The molecule has 0 aromatic rings. The number of ether oxygens (including phenoxy) is 1. The van der Waals surface area contributed by atoms with Gasteiger partial charge < -0.3 is 9.84 Å². The maximum atomic E-state index is 11.9. The van der Waals surface area contributed by atoms with Crippen LogP contribution in [0.5, 0.6) is 0 Å². The van der Waals surface area contributed by atoms with Crippen LogP contribution in [-0.4, -0.2) is 44.1 Å². The van der Waals surface area contributed by atoms with Crippen molar-refractivity contribution in [1.82, 2.24) is 4.72 Å². The van der Waals surface area contributed by atoms with E-state index in [-0.39, 0.29) is 17.9 Å². The number of aliphatic hydroxyl groups is 1. The third kappa shape index (κ3) is 3.91. The van der Waals surface area contributed by atoms with Gasteiger partial charge in [0.1, 0.15) is 0 Å². The van der Waals surface area contributed by atoms with Crippen molar-refractivity contribution in [2.75, 3.05) is 12.4 Å². The van der Waals surface area contributed by atoms with Gasteiger partial charge in [-0.3, -0.25) is 0 Å². The molecule has 100 valence electrons. The Labute approximate surface area is 103 Å². The summed E-state index contributed by atoms with van der Waals surface area (Å²) < 4.78 is 31.7. The van der Waals surface area contributed by atoms with Crippen molar-refractivity contribution in [1.29, 1.82) is 0 Å². The Balaban J connectivity index is 1.87. The first kappa shape index (κ1) is 13.3. The minimum atomic E-state index is -3.33. The van der Waals surface area contributed by atoms with Crippen LogP contribution in [0.2, 0.25) is 0 Å². The van der Waals surface area contributed by atoms with Gasteiger partial charge in [-0.1, -0.05) is 12.8 Å². The summed E-state index contributed by atoms with van der Waals surface area (Å²) in [6.45, 7) is 0.659. The summed E-state index contributed by atoms with van der Waals surface area (Å²) >= 11 is 0. The van der Waals surface area contributed by atoms with Crippen LogP contribution in [0.15, 0.2) is 0 Å². The second-order valence-corrected chi connectivity index (χ2v) is 6.79. The van der Waals surface area contributed by atoms with Gasteiger partial charge in [0.25, 0.3) is 0 Å². The van der Waals surface area contributed by atoms with Gasteiger partial charge in [0.2, 0.25) is 10.0 Å². The van der Waals surface area contributed by atoms with E-state index in [1.165, 1.54) is 0 Å². The van der Waals surface area contributed by atoms with E-state index >= 15 is 0 Å². The van der Waals surface area contributed by atoms with Gasteiger partial charge >= 0.3 is 0 Å². The quantitative estimate of drug-likeness (QED) is 0.769. The average molecular weight is 263 g/mol. The monoisotopic (exact) mass is 263 g/mol. The Kier molecular flexibility index (Phi) is 4.41. The first-order chi connectivity index (χ1) is 8.07. The second-order valence-electron chi connectivity index (χ2n) is 4.99. The molecule has 0 amide bonds. The first-order valence-electron chi connectivity index (χ1n) is 6.36. The Morgan fingerprint density at radius 1 is 1.18 bits per heavy atom. The molecule has 6 heteroatoms. The molecule has 1 heterocycles. The van der Waals surface area contributed by atoms with Crippen molar-refractivity contribution < 1.29 is 18.3 Å². The Morgan fingerprint density at radius 3 is 2.59 bits per heavy atom. The Bertz CT molecular complexity index is 337. The van der Waals surface area contributed by atoms with Gasteiger partial charge in [0.05, 0.1) is 18.0 Å². The molecule has 1 unspecified atom stereocenters. The normalized spacial score (nSPS) is 35.0. The van der Waals surface area contributed by atoms with Crippen LogP contribution in [0.4, 0.5) is 0 Å². The Morgan fingerprint density at radius 2 is 1.94 bits per heavy atom. The lowest BCUT2D eigenvalue weighted by atomic mass is 9.93. The molecule has 1 saturated carbocycles. The van der Waals surface area contributed by atoms with Crippen molar-refractivity contribution in [2.24, 2.45) is 0 Å². The van der Waals surface area contributed by atoms with E-state index in [1.807, 2.05) is 0 Å². The van der Waals surface area contributed by atoms with Crippen LogP contribution in [-0.2, 0) is 14.8 Å². The minimum Gasteiger partial charge on any atom is -0.391 e. The lowest BCUT2D eigenvalue weighted by molar-refractivity contribution is 0.100. The molecule has 2 aliphatic rings. The standard InChI is InChI=1S/C11H21NO4S/c13-11-6-2-1-5-10(11)12-17(14,15)8-9-4-3-7-16-9/h9-13H,1-8H2/t9?,10-,11-/m0/s1. The lowest BCUT2D eigenvalue weighted by Gasteiger charge is -2.28. The minimum absolute atomic E-state index is 0.0240. The molecule has 0 radical (unpaired) electrons. The van der Waals surface area contributed by atoms with Crippen LogP contribution >= 0.6 is 0 Å². The van der Waals surface area contributed by atoms with Gasteiger partial charge in [-0.05, 0) is 25.7 Å². The van der Waals surface area contributed by atoms with Crippen molar-refractivity contribution in [3.8, 4) is 0 Å². The molecule has 5 nitrogen and oxygen atoms in total. The van der Waals surface area contributed by atoms with Crippen molar-refractivity contribution >= 4 is 10.0 Å². The number of rotatable bonds is 4. The molecule has 1 saturated heterocycles. The van der Waals surface area contributed by atoms with E-state index in [4.69, 9.17) is 4.74 Å². The highest BCUT2D eigenvalue weighted by Gasteiger charge is 2.29. The van der Waals surface area contributed by atoms with E-state index < -0.39 is 16.1 Å². The average Bonchev–Trinajstić information content (AvgIpc) is 2.73. The molecule has 2 N–H and O–H groups in total. The zero-order chi connectivity index (χ0) is 12.3. The first-order valence-corrected chi connectivity index (χ1v) is 8.02. The van der Waals surface area contributed by atoms with E-state index in [1.54, 1.807) is 0 Å². The molecule has 1 aliphatic heterocycles. The molecule has 2 rings (SSSR count). The SMILES string of the molecule is O=S(=O)(CC1CCCO1)N[C@H]1CCCC[C@@H]1O. The fourth-order valence-corrected chi connectivity index (χ4v) is 4.13. The molecule has 17 heavy (non-hydrogen) atoms. The van der Waals surface area contributed by atoms with E-state index in [0.29, 0.717) is 13.0 Å². The maximum Gasteiger partial charge on any atom is 0.214 e. The number of hydrogen-bond acceptors (Lipinski definition) is 4. The van der Waals surface area contributed by atoms with Gasteiger partial charge in [0.15, 0.2) is 0 Å². The molecule has 0 spiro atoms. The van der Waals surface area contributed by atoms with Gasteiger partial charge in [-0.15, -0.1) is 0 Å². The molecular weight excluding hydrogens is 242 g/mol. The van der Waals surface area contributed by atoms with Crippen LogP contribution in [0.3, 0.4) is 0 Å². The largest absolute Gasteiger partial charge is 0.391 e. The molecule has 1 aliphatic carbocycles. The summed E-state index contributed by atoms with van der Waals surface area (Å²) in [7, 11) is -3.33. The van der Waals surface area contributed by atoms with Crippen molar-refractivity contribution in [3.05, 3.63) is 0 Å².